The minimum absolute atomic E-state index is 0.272. The Balaban J connectivity index is 1.71. The van der Waals surface area contributed by atoms with Gasteiger partial charge in [-0.3, -0.25) is 4.57 Å². The van der Waals surface area contributed by atoms with Crippen LogP contribution in [0.25, 0.3) is 28.0 Å². The number of aromatic nitrogens is 4. The molecule has 4 heterocycles. The number of nitrogens with zero attached hydrogens (tertiary/aromatic N) is 5. The first-order chi connectivity index (χ1) is 14.6. The van der Waals surface area contributed by atoms with Gasteiger partial charge >= 0.3 is 0 Å². The Hall–Kier alpha value is -3.32. The van der Waals surface area contributed by atoms with Crippen LogP contribution in [0.3, 0.4) is 0 Å². The van der Waals surface area contributed by atoms with Crippen molar-refractivity contribution in [3.05, 3.63) is 66.9 Å². The van der Waals surface area contributed by atoms with Gasteiger partial charge in [-0.15, -0.1) is 0 Å². The van der Waals surface area contributed by atoms with Crippen LogP contribution in [-0.4, -0.2) is 44.7 Å². The number of anilines is 1. The fourth-order valence-electron chi connectivity index (χ4n) is 4.00. The van der Waals surface area contributed by atoms with Gasteiger partial charge in [-0.25, -0.2) is 14.4 Å². The number of pyridine rings is 1. The van der Waals surface area contributed by atoms with Crippen molar-refractivity contribution in [3.63, 3.8) is 0 Å². The monoisotopic (exact) mass is 402 g/mol. The van der Waals surface area contributed by atoms with E-state index in [-0.39, 0.29) is 11.9 Å². The first-order valence-corrected chi connectivity index (χ1v) is 10.2. The second-order valence-corrected chi connectivity index (χ2v) is 7.80. The third kappa shape index (κ3) is 3.21. The van der Waals surface area contributed by atoms with Crippen LogP contribution in [0.4, 0.5) is 10.3 Å². The average Bonchev–Trinajstić information content (AvgIpc) is 3.15. The molecule has 1 fully saturated rings. The van der Waals surface area contributed by atoms with Crippen molar-refractivity contribution in [2.75, 3.05) is 18.0 Å². The molecule has 152 valence electrons. The summed E-state index contributed by atoms with van der Waals surface area (Å²) < 4.78 is 16.5. The summed E-state index contributed by atoms with van der Waals surface area (Å²) in [6.45, 7) is 6.03. The van der Waals surface area contributed by atoms with E-state index >= 15 is 0 Å². The summed E-state index contributed by atoms with van der Waals surface area (Å²) in [5.41, 5.74) is 2.00. The smallest absolute Gasteiger partial charge is 0.227 e. The highest BCUT2D eigenvalue weighted by Crippen LogP contribution is 2.33. The molecule has 4 aromatic rings. The van der Waals surface area contributed by atoms with Crippen LogP contribution in [0, 0.1) is 5.82 Å². The number of piperazine rings is 1. The van der Waals surface area contributed by atoms with Crippen LogP contribution < -0.4 is 10.2 Å². The van der Waals surface area contributed by atoms with E-state index in [1.165, 1.54) is 6.07 Å². The molecule has 0 saturated carbocycles. The molecular weight excluding hydrogens is 379 g/mol. The fraction of sp³-hybridized carbons (Fsp3) is 0.261. The van der Waals surface area contributed by atoms with Crippen molar-refractivity contribution < 1.29 is 4.39 Å². The highest BCUT2D eigenvalue weighted by molar-refractivity contribution is 5.95. The number of rotatable bonds is 3. The predicted octanol–water partition coefficient (Wildman–Crippen LogP) is 3.81. The van der Waals surface area contributed by atoms with E-state index in [9.17, 15) is 4.39 Å². The Morgan fingerprint density at radius 2 is 1.87 bits per heavy atom. The molecule has 0 spiro atoms. The van der Waals surface area contributed by atoms with Crippen molar-refractivity contribution in [2.45, 2.75) is 25.9 Å². The van der Waals surface area contributed by atoms with Gasteiger partial charge in [-0.2, -0.15) is 4.98 Å². The first-order valence-electron chi connectivity index (χ1n) is 10.2. The van der Waals surface area contributed by atoms with Crippen LogP contribution in [0.5, 0.6) is 0 Å². The Kier molecular flexibility index (Phi) is 4.67. The van der Waals surface area contributed by atoms with Crippen molar-refractivity contribution >= 4 is 17.0 Å². The predicted molar refractivity (Wildman–Crippen MR) is 116 cm³/mol. The van der Waals surface area contributed by atoms with E-state index in [4.69, 9.17) is 4.98 Å². The third-order valence-corrected chi connectivity index (χ3v) is 5.61. The second-order valence-electron chi connectivity index (χ2n) is 7.80. The van der Waals surface area contributed by atoms with Crippen molar-refractivity contribution in [1.29, 1.82) is 0 Å². The van der Waals surface area contributed by atoms with Gasteiger partial charge in [0.1, 0.15) is 11.6 Å². The van der Waals surface area contributed by atoms with E-state index in [1.807, 2.05) is 35.0 Å². The summed E-state index contributed by atoms with van der Waals surface area (Å²) in [5, 5.41) is 4.28. The van der Waals surface area contributed by atoms with Gasteiger partial charge in [-0.05, 0) is 32.0 Å². The topological polar surface area (TPSA) is 58.9 Å². The maximum Gasteiger partial charge on any atom is 0.227 e. The number of halogens is 1. The quantitative estimate of drug-likeness (QED) is 0.565. The van der Waals surface area contributed by atoms with E-state index in [0.29, 0.717) is 17.6 Å². The summed E-state index contributed by atoms with van der Waals surface area (Å²) >= 11 is 0. The average molecular weight is 402 g/mol. The standard InChI is InChI=1S/C23H23FN6/c1-15-13-29(16(2)11-26-15)23-27-12-18-19(17-7-3-4-8-20(17)24)14-30(22(18)28-23)21-9-5-6-10-25-21/h3-10,12,14-16,26H,11,13H2,1-2H3/t15-,16+/m1/s1. The lowest BCUT2D eigenvalue weighted by atomic mass is 10.1. The minimum Gasteiger partial charge on any atom is -0.335 e. The summed E-state index contributed by atoms with van der Waals surface area (Å²) in [5.74, 6) is 1.14. The molecule has 0 aliphatic carbocycles. The minimum atomic E-state index is -0.272. The summed E-state index contributed by atoms with van der Waals surface area (Å²) in [6, 6.07) is 13.1. The van der Waals surface area contributed by atoms with Crippen molar-refractivity contribution in [3.8, 4) is 16.9 Å². The van der Waals surface area contributed by atoms with Crippen LogP contribution in [0.1, 0.15) is 13.8 Å². The molecule has 0 radical (unpaired) electrons. The van der Waals surface area contributed by atoms with E-state index in [1.54, 1.807) is 24.5 Å². The molecule has 0 unspecified atom stereocenters. The SMILES string of the molecule is C[C@@H]1CN(c2ncc3c(-c4ccccc4F)cn(-c4ccccn4)c3n2)[C@@H](C)CN1. The summed E-state index contributed by atoms with van der Waals surface area (Å²) in [7, 11) is 0. The van der Waals surface area contributed by atoms with Gasteiger partial charge in [0.15, 0.2) is 5.65 Å². The number of benzene rings is 1. The van der Waals surface area contributed by atoms with E-state index in [2.05, 4.69) is 34.0 Å². The molecule has 1 aliphatic heterocycles. The van der Waals surface area contributed by atoms with Gasteiger partial charge < -0.3 is 10.2 Å². The Morgan fingerprint density at radius 3 is 2.67 bits per heavy atom. The lowest BCUT2D eigenvalue weighted by Gasteiger charge is -2.37. The van der Waals surface area contributed by atoms with Crippen molar-refractivity contribution in [2.24, 2.45) is 0 Å². The number of fused-ring (bicyclic) bond motifs is 1. The summed E-state index contributed by atoms with van der Waals surface area (Å²) in [4.78, 5) is 16.3. The van der Waals surface area contributed by atoms with E-state index in [0.717, 1.165) is 35.5 Å². The third-order valence-electron chi connectivity index (χ3n) is 5.61. The van der Waals surface area contributed by atoms with Crippen LogP contribution in [0.15, 0.2) is 61.1 Å². The molecule has 1 saturated heterocycles. The second kappa shape index (κ2) is 7.50. The van der Waals surface area contributed by atoms with Crippen molar-refractivity contribution in [1.82, 2.24) is 24.8 Å². The van der Waals surface area contributed by atoms with E-state index < -0.39 is 0 Å². The molecular formula is C23H23FN6. The Labute approximate surface area is 174 Å². The van der Waals surface area contributed by atoms with Gasteiger partial charge in [-0.1, -0.05) is 24.3 Å². The zero-order chi connectivity index (χ0) is 20.7. The lowest BCUT2D eigenvalue weighted by molar-refractivity contribution is 0.420. The number of hydrogen-bond acceptors (Lipinski definition) is 5. The largest absolute Gasteiger partial charge is 0.335 e. The lowest BCUT2D eigenvalue weighted by Crippen LogP contribution is -2.55. The van der Waals surface area contributed by atoms with Crippen LogP contribution in [0.2, 0.25) is 0 Å². The molecule has 6 nitrogen and oxygen atoms in total. The Bertz CT molecular complexity index is 1190. The molecule has 2 atom stereocenters. The van der Waals surface area contributed by atoms with Gasteiger partial charge in [0.25, 0.3) is 0 Å². The van der Waals surface area contributed by atoms with Crippen LogP contribution in [-0.2, 0) is 0 Å². The molecule has 30 heavy (non-hydrogen) atoms. The van der Waals surface area contributed by atoms with Gasteiger partial charge in [0.2, 0.25) is 5.95 Å². The number of hydrogen-bond donors (Lipinski definition) is 1. The molecule has 1 aliphatic rings. The molecule has 0 bridgehead atoms. The first kappa shape index (κ1) is 18.7. The number of nitrogens with one attached hydrogen (secondary N) is 1. The maximum absolute atomic E-state index is 14.6. The highest BCUT2D eigenvalue weighted by Gasteiger charge is 2.26. The van der Waals surface area contributed by atoms with Crippen LogP contribution >= 0.6 is 0 Å². The fourth-order valence-corrected chi connectivity index (χ4v) is 4.00. The molecule has 0 amide bonds. The Morgan fingerprint density at radius 1 is 1.03 bits per heavy atom. The molecule has 1 N–H and O–H groups in total. The van der Waals surface area contributed by atoms with Gasteiger partial charge in [0, 0.05) is 60.3 Å². The maximum atomic E-state index is 14.6. The highest BCUT2D eigenvalue weighted by atomic mass is 19.1. The summed E-state index contributed by atoms with van der Waals surface area (Å²) in [6.07, 6.45) is 5.44. The molecule has 7 heteroatoms. The molecule has 3 aromatic heterocycles. The molecule has 5 rings (SSSR count). The molecule has 1 aromatic carbocycles. The zero-order valence-electron chi connectivity index (χ0n) is 17.0. The van der Waals surface area contributed by atoms with Gasteiger partial charge in [0.05, 0.1) is 0 Å². The zero-order valence-corrected chi connectivity index (χ0v) is 17.0. The normalized spacial score (nSPS) is 19.4.